The van der Waals surface area contributed by atoms with Gasteiger partial charge in [0.15, 0.2) is 11.2 Å². The van der Waals surface area contributed by atoms with Crippen LogP contribution in [-0.2, 0) is 19.3 Å². The minimum absolute atomic E-state index is 0.684. The van der Waals surface area contributed by atoms with E-state index in [0.717, 1.165) is 29.1 Å². The van der Waals surface area contributed by atoms with Crippen molar-refractivity contribution in [3.05, 3.63) is 45.6 Å². The smallest absolute Gasteiger partial charge is 0.195 e. The van der Waals surface area contributed by atoms with E-state index in [9.17, 15) is 4.79 Å². The standard InChI is InChI=1S/C19H20N2OS/c1-3-17-18(21-16(11-22)12(2)20-19(21)23-17)15-9-8-13-6-4-5-7-14(13)10-15/h8-11H,3-7H2,1-2H3. The van der Waals surface area contributed by atoms with E-state index in [1.807, 2.05) is 6.92 Å². The molecule has 0 spiro atoms. The van der Waals surface area contributed by atoms with E-state index in [1.54, 1.807) is 11.3 Å². The Labute approximate surface area is 140 Å². The van der Waals surface area contributed by atoms with Gasteiger partial charge in [0, 0.05) is 4.88 Å². The van der Waals surface area contributed by atoms with Crippen LogP contribution in [0.1, 0.15) is 52.0 Å². The fourth-order valence-corrected chi connectivity index (χ4v) is 4.77. The molecule has 0 saturated heterocycles. The molecule has 0 atom stereocenters. The number of fused-ring (bicyclic) bond motifs is 2. The Morgan fingerprint density at radius 3 is 2.78 bits per heavy atom. The van der Waals surface area contributed by atoms with Crippen LogP contribution in [0.25, 0.3) is 16.2 Å². The Balaban J connectivity index is 1.98. The molecule has 1 aliphatic carbocycles. The second kappa shape index (κ2) is 5.60. The van der Waals surface area contributed by atoms with Crippen molar-refractivity contribution < 1.29 is 4.79 Å². The lowest BCUT2D eigenvalue weighted by Gasteiger charge is -2.17. The zero-order chi connectivity index (χ0) is 16.0. The first-order valence-electron chi connectivity index (χ1n) is 8.31. The molecule has 3 aromatic rings. The molecular weight excluding hydrogens is 304 g/mol. The first kappa shape index (κ1) is 14.6. The number of carbonyl (C=O) groups excluding carboxylic acids is 1. The lowest BCUT2D eigenvalue weighted by molar-refractivity contribution is 0.111. The Kier molecular flexibility index (Phi) is 3.57. The third-order valence-electron chi connectivity index (χ3n) is 4.82. The summed E-state index contributed by atoms with van der Waals surface area (Å²) in [7, 11) is 0. The number of nitrogens with zero attached hydrogens (tertiary/aromatic N) is 2. The molecule has 118 valence electrons. The molecule has 23 heavy (non-hydrogen) atoms. The quantitative estimate of drug-likeness (QED) is 0.659. The highest BCUT2D eigenvalue weighted by Gasteiger charge is 2.20. The van der Waals surface area contributed by atoms with Crippen molar-refractivity contribution in [2.24, 2.45) is 0 Å². The average molecular weight is 324 g/mol. The molecule has 1 aliphatic rings. The SMILES string of the molecule is CCc1sc2nc(C)c(C=O)n2c1-c1ccc2c(c1)CCCC2. The van der Waals surface area contributed by atoms with E-state index >= 15 is 0 Å². The van der Waals surface area contributed by atoms with Crippen LogP contribution in [0, 0.1) is 6.92 Å². The number of benzene rings is 1. The van der Waals surface area contributed by atoms with E-state index in [1.165, 1.54) is 47.3 Å². The van der Waals surface area contributed by atoms with Gasteiger partial charge in [-0.15, -0.1) is 11.3 Å². The van der Waals surface area contributed by atoms with Gasteiger partial charge in [0.2, 0.25) is 0 Å². The highest BCUT2D eigenvalue weighted by atomic mass is 32.1. The molecule has 3 nitrogen and oxygen atoms in total. The van der Waals surface area contributed by atoms with Crippen molar-refractivity contribution >= 4 is 22.6 Å². The molecule has 0 unspecified atom stereocenters. The minimum Gasteiger partial charge on any atom is -0.296 e. The number of thiazole rings is 1. The van der Waals surface area contributed by atoms with Crippen LogP contribution in [0.5, 0.6) is 0 Å². The summed E-state index contributed by atoms with van der Waals surface area (Å²) in [6.07, 6.45) is 6.83. The van der Waals surface area contributed by atoms with Gasteiger partial charge in [0.1, 0.15) is 5.69 Å². The molecule has 0 amide bonds. The fraction of sp³-hybridized carbons (Fsp3) is 0.368. The van der Waals surface area contributed by atoms with Crippen LogP contribution in [0.2, 0.25) is 0 Å². The highest BCUT2D eigenvalue weighted by Crippen LogP contribution is 2.35. The predicted molar refractivity (Wildman–Crippen MR) is 94.6 cm³/mol. The van der Waals surface area contributed by atoms with Crippen LogP contribution in [0.15, 0.2) is 18.2 Å². The second-order valence-corrected chi connectivity index (χ2v) is 7.30. The Bertz CT molecular complexity index is 904. The summed E-state index contributed by atoms with van der Waals surface area (Å²) < 4.78 is 2.05. The number of imidazole rings is 1. The number of hydrogen-bond acceptors (Lipinski definition) is 3. The van der Waals surface area contributed by atoms with Gasteiger partial charge >= 0.3 is 0 Å². The van der Waals surface area contributed by atoms with Gasteiger partial charge in [0.05, 0.1) is 11.4 Å². The first-order chi connectivity index (χ1) is 11.2. The summed E-state index contributed by atoms with van der Waals surface area (Å²) in [4.78, 5) is 18.4. The molecule has 1 aromatic carbocycles. The van der Waals surface area contributed by atoms with Gasteiger partial charge in [-0.2, -0.15) is 0 Å². The van der Waals surface area contributed by atoms with Crippen molar-refractivity contribution in [2.45, 2.75) is 46.0 Å². The molecule has 0 saturated carbocycles. The minimum atomic E-state index is 0.684. The molecule has 4 rings (SSSR count). The lowest BCUT2D eigenvalue weighted by Crippen LogP contribution is -2.03. The monoisotopic (exact) mass is 324 g/mol. The highest BCUT2D eigenvalue weighted by molar-refractivity contribution is 7.17. The van der Waals surface area contributed by atoms with Gasteiger partial charge in [0.25, 0.3) is 0 Å². The molecule has 0 aliphatic heterocycles. The number of aryl methyl sites for hydroxylation is 4. The summed E-state index contributed by atoms with van der Waals surface area (Å²) in [6.45, 7) is 4.08. The first-order valence-corrected chi connectivity index (χ1v) is 9.12. The second-order valence-electron chi connectivity index (χ2n) is 6.24. The van der Waals surface area contributed by atoms with Crippen LogP contribution < -0.4 is 0 Å². The van der Waals surface area contributed by atoms with Gasteiger partial charge < -0.3 is 0 Å². The van der Waals surface area contributed by atoms with Crippen LogP contribution in [-0.4, -0.2) is 15.7 Å². The lowest BCUT2D eigenvalue weighted by atomic mass is 9.90. The molecule has 0 fully saturated rings. The zero-order valence-corrected chi connectivity index (χ0v) is 14.4. The Hall–Kier alpha value is -1.94. The van der Waals surface area contributed by atoms with Crippen molar-refractivity contribution in [1.82, 2.24) is 9.38 Å². The van der Waals surface area contributed by atoms with Gasteiger partial charge in [-0.25, -0.2) is 4.98 Å². The number of rotatable bonds is 3. The van der Waals surface area contributed by atoms with Gasteiger partial charge in [-0.1, -0.05) is 19.1 Å². The molecule has 0 radical (unpaired) electrons. The van der Waals surface area contributed by atoms with E-state index < -0.39 is 0 Å². The zero-order valence-electron chi connectivity index (χ0n) is 13.6. The third kappa shape index (κ3) is 2.24. The predicted octanol–water partition coefficient (Wildman–Crippen LogP) is 4.62. The van der Waals surface area contributed by atoms with Crippen molar-refractivity contribution in [1.29, 1.82) is 0 Å². The number of hydrogen-bond donors (Lipinski definition) is 0. The third-order valence-corrected chi connectivity index (χ3v) is 6.01. The van der Waals surface area contributed by atoms with Crippen molar-refractivity contribution in [2.75, 3.05) is 0 Å². The molecule has 4 heteroatoms. The van der Waals surface area contributed by atoms with E-state index in [4.69, 9.17) is 0 Å². The maximum absolute atomic E-state index is 11.6. The van der Waals surface area contributed by atoms with E-state index in [0.29, 0.717) is 5.69 Å². The summed E-state index contributed by atoms with van der Waals surface area (Å²) in [6, 6.07) is 6.82. The summed E-state index contributed by atoms with van der Waals surface area (Å²) in [5.74, 6) is 0. The van der Waals surface area contributed by atoms with Crippen LogP contribution >= 0.6 is 11.3 Å². The topological polar surface area (TPSA) is 34.4 Å². The van der Waals surface area contributed by atoms with Crippen LogP contribution in [0.3, 0.4) is 0 Å². The summed E-state index contributed by atoms with van der Waals surface area (Å²) in [5, 5.41) is 0. The van der Waals surface area contributed by atoms with E-state index in [2.05, 4.69) is 34.5 Å². The molecule has 0 N–H and O–H groups in total. The normalized spacial score (nSPS) is 14.2. The average Bonchev–Trinajstić information content (AvgIpc) is 3.08. The van der Waals surface area contributed by atoms with Crippen LogP contribution in [0.4, 0.5) is 0 Å². The maximum atomic E-state index is 11.6. The largest absolute Gasteiger partial charge is 0.296 e. The summed E-state index contributed by atoms with van der Waals surface area (Å²) in [5.41, 5.74) is 6.83. The molecule has 2 aromatic heterocycles. The van der Waals surface area contributed by atoms with Crippen molar-refractivity contribution in [3.8, 4) is 11.3 Å². The Morgan fingerprint density at radius 2 is 2.04 bits per heavy atom. The maximum Gasteiger partial charge on any atom is 0.195 e. The van der Waals surface area contributed by atoms with Crippen molar-refractivity contribution in [3.63, 3.8) is 0 Å². The molecule has 2 heterocycles. The molecular formula is C19H20N2OS. The fourth-order valence-electron chi connectivity index (χ4n) is 3.63. The Morgan fingerprint density at radius 1 is 1.26 bits per heavy atom. The van der Waals surface area contributed by atoms with Gasteiger partial charge in [-0.05, 0) is 61.8 Å². The number of carbonyl (C=O) groups is 1. The number of aldehydes is 1. The molecule has 0 bridgehead atoms. The number of aromatic nitrogens is 2. The van der Waals surface area contributed by atoms with E-state index in [-0.39, 0.29) is 0 Å². The summed E-state index contributed by atoms with van der Waals surface area (Å²) >= 11 is 1.70. The van der Waals surface area contributed by atoms with Gasteiger partial charge in [-0.3, -0.25) is 9.20 Å².